The average Bonchev–Trinajstić information content (AvgIpc) is 2.94. The lowest BCUT2D eigenvalue weighted by atomic mass is 10.1. The number of aryl methyl sites for hydroxylation is 3. The fraction of sp³-hybridized carbons (Fsp3) is 0.375. The van der Waals surface area contributed by atoms with Crippen LogP contribution in [0.4, 0.5) is 5.69 Å². The Hall–Kier alpha value is -3.85. The van der Waals surface area contributed by atoms with Crippen LogP contribution in [0.2, 0.25) is 0 Å². The summed E-state index contributed by atoms with van der Waals surface area (Å²) in [6, 6.07) is 18.2. The first-order chi connectivity index (χ1) is 19.3. The molecule has 1 unspecified atom stereocenters. The summed E-state index contributed by atoms with van der Waals surface area (Å²) in [6.45, 7) is 11.5. The number of hydrogen-bond acceptors (Lipinski definition) is 5. The van der Waals surface area contributed by atoms with Crippen molar-refractivity contribution in [3.8, 4) is 5.75 Å². The maximum Gasteiger partial charge on any atom is 0.264 e. The zero-order valence-corrected chi connectivity index (χ0v) is 25.8. The van der Waals surface area contributed by atoms with Crippen molar-refractivity contribution >= 4 is 27.5 Å². The quantitative estimate of drug-likeness (QED) is 0.326. The zero-order valence-electron chi connectivity index (χ0n) is 25.0. The molecule has 1 atom stereocenters. The molecule has 9 heteroatoms. The molecule has 3 rings (SSSR count). The van der Waals surface area contributed by atoms with Crippen LogP contribution in [0.15, 0.2) is 71.6 Å². The van der Waals surface area contributed by atoms with E-state index in [0.717, 1.165) is 26.6 Å². The van der Waals surface area contributed by atoms with Gasteiger partial charge in [0.1, 0.15) is 18.3 Å². The van der Waals surface area contributed by atoms with E-state index in [1.807, 2.05) is 52.8 Å². The molecule has 3 aromatic rings. The number of rotatable bonds is 12. The maximum atomic E-state index is 14.0. The highest BCUT2D eigenvalue weighted by atomic mass is 32.2. The molecule has 1 N–H and O–H groups in total. The summed E-state index contributed by atoms with van der Waals surface area (Å²) in [4.78, 5) is 28.7. The van der Waals surface area contributed by atoms with Crippen LogP contribution in [0.25, 0.3) is 0 Å². The smallest absolute Gasteiger partial charge is 0.264 e. The molecule has 0 saturated carbocycles. The summed E-state index contributed by atoms with van der Waals surface area (Å²) in [5, 5.41) is 2.90. The van der Waals surface area contributed by atoms with E-state index in [1.54, 1.807) is 62.6 Å². The van der Waals surface area contributed by atoms with E-state index in [9.17, 15) is 18.0 Å². The van der Waals surface area contributed by atoms with Gasteiger partial charge in [0.15, 0.2) is 0 Å². The minimum Gasteiger partial charge on any atom is -0.497 e. The Morgan fingerprint density at radius 1 is 0.878 bits per heavy atom. The lowest BCUT2D eigenvalue weighted by molar-refractivity contribution is -0.139. The molecular formula is C32H41N3O5S. The second-order valence-electron chi connectivity index (χ2n) is 10.8. The monoisotopic (exact) mass is 579 g/mol. The minimum absolute atomic E-state index is 0.0820. The first kappa shape index (κ1) is 31.7. The zero-order chi connectivity index (χ0) is 30.3. The van der Waals surface area contributed by atoms with Crippen LogP contribution >= 0.6 is 0 Å². The van der Waals surface area contributed by atoms with Crippen LogP contribution in [0.5, 0.6) is 5.75 Å². The number of benzene rings is 3. The van der Waals surface area contributed by atoms with Crippen LogP contribution < -0.4 is 14.4 Å². The summed E-state index contributed by atoms with van der Waals surface area (Å²) < 4.78 is 34.3. The van der Waals surface area contributed by atoms with Gasteiger partial charge in [-0.05, 0) is 86.7 Å². The van der Waals surface area contributed by atoms with Crippen LogP contribution in [0.3, 0.4) is 0 Å². The predicted molar refractivity (Wildman–Crippen MR) is 162 cm³/mol. The standard InChI is InChI=1S/C32H41N3O5S/c1-22(2)19-33-32(37)26(6)34(20-27-11-14-29(40-7)15-12-27)31(36)21-35(28-13-10-24(4)25(5)18-28)41(38,39)30-16-8-23(3)9-17-30/h8-18,22,26H,19-21H2,1-7H3,(H,33,37). The van der Waals surface area contributed by atoms with Gasteiger partial charge in [-0.2, -0.15) is 0 Å². The van der Waals surface area contributed by atoms with Gasteiger partial charge in [0.25, 0.3) is 10.0 Å². The second-order valence-corrected chi connectivity index (χ2v) is 12.6. The SMILES string of the molecule is COc1ccc(CN(C(=O)CN(c2ccc(C)c(C)c2)S(=O)(=O)c2ccc(C)cc2)C(C)C(=O)NCC(C)C)cc1. The van der Waals surface area contributed by atoms with Gasteiger partial charge in [-0.1, -0.05) is 49.7 Å². The van der Waals surface area contributed by atoms with Crippen LogP contribution in [-0.4, -0.2) is 51.4 Å². The van der Waals surface area contributed by atoms with E-state index in [2.05, 4.69) is 5.32 Å². The van der Waals surface area contributed by atoms with Gasteiger partial charge in [0.2, 0.25) is 11.8 Å². The molecule has 0 fully saturated rings. The highest BCUT2D eigenvalue weighted by molar-refractivity contribution is 7.92. The Kier molecular flexibility index (Phi) is 10.6. The van der Waals surface area contributed by atoms with Gasteiger partial charge in [-0.25, -0.2) is 8.42 Å². The summed E-state index contributed by atoms with van der Waals surface area (Å²) >= 11 is 0. The Morgan fingerprint density at radius 2 is 1.51 bits per heavy atom. The van der Waals surface area contributed by atoms with E-state index in [1.165, 1.54) is 4.90 Å². The molecule has 0 aliphatic carbocycles. The van der Waals surface area contributed by atoms with Crippen LogP contribution in [-0.2, 0) is 26.2 Å². The number of ether oxygens (including phenoxy) is 1. The van der Waals surface area contributed by atoms with Crippen molar-refractivity contribution in [2.24, 2.45) is 5.92 Å². The number of amides is 2. The van der Waals surface area contributed by atoms with Crippen molar-refractivity contribution in [1.29, 1.82) is 0 Å². The molecule has 41 heavy (non-hydrogen) atoms. The third-order valence-electron chi connectivity index (χ3n) is 7.03. The topological polar surface area (TPSA) is 96.0 Å². The number of nitrogens with zero attached hydrogens (tertiary/aromatic N) is 2. The van der Waals surface area contributed by atoms with Gasteiger partial charge in [-0.3, -0.25) is 13.9 Å². The first-order valence-electron chi connectivity index (χ1n) is 13.7. The van der Waals surface area contributed by atoms with E-state index in [0.29, 0.717) is 18.0 Å². The van der Waals surface area contributed by atoms with Crippen molar-refractivity contribution < 1.29 is 22.7 Å². The number of nitrogens with one attached hydrogen (secondary N) is 1. The van der Waals surface area contributed by atoms with Gasteiger partial charge in [-0.15, -0.1) is 0 Å². The predicted octanol–water partition coefficient (Wildman–Crippen LogP) is 5.01. The lowest BCUT2D eigenvalue weighted by Crippen LogP contribution is -2.51. The highest BCUT2D eigenvalue weighted by Gasteiger charge is 2.32. The largest absolute Gasteiger partial charge is 0.497 e. The van der Waals surface area contributed by atoms with Crippen molar-refractivity contribution in [3.63, 3.8) is 0 Å². The van der Waals surface area contributed by atoms with Crippen LogP contribution in [0.1, 0.15) is 43.0 Å². The van der Waals surface area contributed by atoms with Crippen molar-refractivity contribution in [2.75, 3.05) is 24.5 Å². The third-order valence-corrected chi connectivity index (χ3v) is 8.82. The first-order valence-corrected chi connectivity index (χ1v) is 15.1. The Morgan fingerprint density at radius 3 is 2.07 bits per heavy atom. The lowest BCUT2D eigenvalue weighted by Gasteiger charge is -2.32. The number of sulfonamides is 1. The summed E-state index contributed by atoms with van der Waals surface area (Å²) in [5.74, 6) is 0.0953. The molecule has 0 aliphatic rings. The fourth-order valence-corrected chi connectivity index (χ4v) is 5.62. The second kappa shape index (κ2) is 13.7. The molecular weight excluding hydrogens is 538 g/mol. The molecule has 0 saturated heterocycles. The molecule has 0 aliphatic heterocycles. The number of methoxy groups -OCH3 is 1. The number of anilines is 1. The van der Waals surface area contributed by atoms with Crippen molar-refractivity contribution in [3.05, 3.63) is 89.0 Å². The molecule has 0 aromatic heterocycles. The van der Waals surface area contributed by atoms with Gasteiger partial charge < -0.3 is 15.0 Å². The molecule has 8 nitrogen and oxygen atoms in total. The number of carbonyl (C=O) groups excluding carboxylic acids is 2. The summed E-state index contributed by atoms with van der Waals surface area (Å²) in [7, 11) is -2.54. The molecule has 0 radical (unpaired) electrons. The number of carbonyl (C=O) groups is 2. The molecule has 0 heterocycles. The molecule has 2 amide bonds. The van der Waals surface area contributed by atoms with E-state index in [4.69, 9.17) is 4.74 Å². The van der Waals surface area contributed by atoms with Gasteiger partial charge >= 0.3 is 0 Å². The summed E-state index contributed by atoms with van der Waals surface area (Å²) in [5.41, 5.74) is 3.98. The molecule has 0 spiro atoms. The van der Waals surface area contributed by atoms with Crippen molar-refractivity contribution in [2.45, 2.75) is 59.0 Å². The summed E-state index contributed by atoms with van der Waals surface area (Å²) in [6.07, 6.45) is 0. The van der Waals surface area contributed by atoms with Crippen molar-refractivity contribution in [1.82, 2.24) is 10.2 Å². The minimum atomic E-state index is -4.11. The fourth-order valence-electron chi connectivity index (χ4n) is 4.21. The molecule has 3 aromatic carbocycles. The third kappa shape index (κ3) is 8.10. The highest BCUT2D eigenvalue weighted by Crippen LogP contribution is 2.27. The Labute approximate surface area is 244 Å². The normalized spacial score (nSPS) is 12.1. The van der Waals surface area contributed by atoms with E-state index >= 15 is 0 Å². The van der Waals surface area contributed by atoms with Gasteiger partial charge in [0, 0.05) is 13.1 Å². The number of hydrogen-bond donors (Lipinski definition) is 1. The Bertz CT molecular complexity index is 1450. The van der Waals surface area contributed by atoms with Crippen LogP contribution in [0, 0.1) is 26.7 Å². The molecule has 0 bridgehead atoms. The van der Waals surface area contributed by atoms with Gasteiger partial charge in [0.05, 0.1) is 17.7 Å². The maximum absolute atomic E-state index is 14.0. The van der Waals surface area contributed by atoms with E-state index in [-0.39, 0.29) is 23.3 Å². The van der Waals surface area contributed by atoms with E-state index < -0.39 is 28.5 Å². The average molecular weight is 580 g/mol. The molecule has 220 valence electrons. The Balaban J connectivity index is 2.03.